The highest BCUT2D eigenvalue weighted by molar-refractivity contribution is 9.10. The summed E-state index contributed by atoms with van der Waals surface area (Å²) in [7, 11) is 1.62. The topological polar surface area (TPSA) is 64.0 Å². The van der Waals surface area contributed by atoms with Crippen molar-refractivity contribution in [1.29, 1.82) is 0 Å². The minimum absolute atomic E-state index is 0.232. The Hall–Kier alpha value is -1.95. The molecule has 0 fully saturated rings. The Labute approximate surface area is 112 Å². The molecule has 0 aliphatic heterocycles. The molecule has 2 rings (SSSR count). The van der Waals surface area contributed by atoms with Gasteiger partial charge >= 0.3 is 0 Å². The third-order valence-corrected chi connectivity index (χ3v) is 2.82. The van der Waals surface area contributed by atoms with Crippen molar-refractivity contribution in [3.63, 3.8) is 0 Å². The summed E-state index contributed by atoms with van der Waals surface area (Å²) in [4.78, 5) is 27.3. The summed E-state index contributed by atoms with van der Waals surface area (Å²) in [6.07, 6.45) is 3.12. The molecule has 0 aliphatic rings. The Morgan fingerprint density at radius 1 is 1.39 bits per heavy atom. The highest BCUT2D eigenvalue weighted by atomic mass is 79.9. The summed E-state index contributed by atoms with van der Waals surface area (Å²) >= 11 is 3.28. The molecular formula is C12H10BrN3O2. The molecule has 6 heteroatoms. The number of nitrogens with one attached hydrogen (secondary N) is 1. The van der Waals surface area contributed by atoms with Gasteiger partial charge in [-0.2, -0.15) is 0 Å². The number of pyridine rings is 2. The Kier molecular flexibility index (Phi) is 3.57. The van der Waals surface area contributed by atoms with Gasteiger partial charge in [0.15, 0.2) is 0 Å². The normalized spacial score (nSPS) is 10.1. The highest BCUT2D eigenvalue weighted by Gasteiger charge is 2.07. The number of hydrogen-bond acceptors (Lipinski definition) is 3. The molecule has 0 radical (unpaired) electrons. The number of nitrogens with zero attached hydrogens (tertiary/aromatic N) is 2. The second-order valence-electron chi connectivity index (χ2n) is 3.68. The molecule has 2 aromatic heterocycles. The maximum Gasteiger partial charge on any atom is 0.257 e. The third-order valence-electron chi connectivity index (χ3n) is 2.33. The summed E-state index contributed by atoms with van der Waals surface area (Å²) in [5, 5.41) is 2.62. The maximum absolute atomic E-state index is 11.9. The standard InChI is InChI=1S/C12H10BrN3O2/c1-16-5-3-8(6-11(16)17)12(18)15-10-7-9(13)2-4-14-10/h2-7H,1H3,(H,14,15,18). The number of rotatable bonds is 2. The minimum atomic E-state index is -0.363. The lowest BCUT2D eigenvalue weighted by molar-refractivity contribution is 0.102. The fourth-order valence-electron chi connectivity index (χ4n) is 1.35. The Bertz CT molecular complexity index is 652. The monoisotopic (exact) mass is 307 g/mol. The SMILES string of the molecule is Cn1ccc(C(=O)Nc2cc(Br)ccn2)cc1=O. The summed E-state index contributed by atoms with van der Waals surface area (Å²) in [6.45, 7) is 0. The fourth-order valence-corrected chi connectivity index (χ4v) is 1.69. The van der Waals surface area contributed by atoms with Gasteiger partial charge in [-0.05, 0) is 18.2 Å². The largest absolute Gasteiger partial charge is 0.319 e. The van der Waals surface area contributed by atoms with E-state index >= 15 is 0 Å². The molecule has 0 spiro atoms. The number of halogens is 1. The zero-order valence-corrected chi connectivity index (χ0v) is 11.1. The first-order valence-corrected chi connectivity index (χ1v) is 5.95. The van der Waals surface area contributed by atoms with Gasteiger partial charge in [-0.15, -0.1) is 0 Å². The molecule has 0 aromatic carbocycles. The number of carbonyl (C=O) groups is 1. The van der Waals surface area contributed by atoms with Crippen LogP contribution in [-0.2, 0) is 7.05 Å². The van der Waals surface area contributed by atoms with Crippen LogP contribution in [0.3, 0.4) is 0 Å². The molecule has 2 aromatic rings. The van der Waals surface area contributed by atoms with Crippen molar-refractivity contribution in [3.05, 3.63) is 57.0 Å². The lowest BCUT2D eigenvalue weighted by atomic mass is 10.2. The molecule has 1 N–H and O–H groups in total. The van der Waals surface area contributed by atoms with Crippen molar-refractivity contribution < 1.29 is 4.79 Å². The summed E-state index contributed by atoms with van der Waals surface area (Å²) in [5.41, 5.74) is 0.0738. The van der Waals surface area contributed by atoms with E-state index in [4.69, 9.17) is 0 Å². The van der Waals surface area contributed by atoms with Crippen LogP contribution in [-0.4, -0.2) is 15.5 Å². The molecule has 0 saturated carbocycles. The first-order chi connectivity index (χ1) is 8.56. The quantitative estimate of drug-likeness (QED) is 0.920. The van der Waals surface area contributed by atoms with E-state index in [1.807, 2.05) is 0 Å². The summed E-state index contributed by atoms with van der Waals surface area (Å²) in [5.74, 6) is 0.0633. The van der Waals surface area contributed by atoms with E-state index in [9.17, 15) is 9.59 Å². The van der Waals surface area contributed by atoms with Crippen LogP contribution in [0.1, 0.15) is 10.4 Å². The lowest BCUT2D eigenvalue weighted by Gasteiger charge is -2.05. The molecule has 92 valence electrons. The Morgan fingerprint density at radius 2 is 2.17 bits per heavy atom. The van der Waals surface area contributed by atoms with E-state index in [1.165, 1.54) is 10.6 Å². The number of amides is 1. The molecule has 0 unspecified atom stereocenters. The van der Waals surface area contributed by atoms with Gasteiger partial charge < -0.3 is 9.88 Å². The van der Waals surface area contributed by atoms with Gasteiger partial charge in [0.1, 0.15) is 5.82 Å². The second-order valence-corrected chi connectivity index (χ2v) is 4.59. The fraction of sp³-hybridized carbons (Fsp3) is 0.0833. The smallest absolute Gasteiger partial charge is 0.257 e. The molecule has 5 nitrogen and oxygen atoms in total. The second kappa shape index (κ2) is 5.14. The van der Waals surface area contributed by atoms with Crippen molar-refractivity contribution in [3.8, 4) is 0 Å². The zero-order chi connectivity index (χ0) is 13.1. The van der Waals surface area contributed by atoms with Gasteiger partial charge in [0, 0.05) is 35.5 Å². The predicted molar refractivity (Wildman–Crippen MR) is 71.6 cm³/mol. The van der Waals surface area contributed by atoms with Gasteiger partial charge in [-0.1, -0.05) is 15.9 Å². The van der Waals surface area contributed by atoms with Crippen LogP contribution in [0, 0.1) is 0 Å². The van der Waals surface area contributed by atoms with Gasteiger partial charge in [0.05, 0.1) is 0 Å². The Morgan fingerprint density at radius 3 is 2.83 bits per heavy atom. The first-order valence-electron chi connectivity index (χ1n) is 5.16. The molecule has 0 aliphatic carbocycles. The lowest BCUT2D eigenvalue weighted by Crippen LogP contribution is -2.20. The van der Waals surface area contributed by atoms with Crippen molar-refractivity contribution in [2.45, 2.75) is 0 Å². The highest BCUT2D eigenvalue weighted by Crippen LogP contribution is 2.13. The molecule has 0 saturated heterocycles. The number of carbonyl (C=O) groups excluding carboxylic acids is 1. The van der Waals surface area contributed by atoms with E-state index in [-0.39, 0.29) is 11.5 Å². The number of anilines is 1. The van der Waals surface area contributed by atoms with Crippen LogP contribution in [0.5, 0.6) is 0 Å². The molecule has 0 bridgehead atoms. The van der Waals surface area contributed by atoms with Crippen molar-refractivity contribution in [1.82, 2.24) is 9.55 Å². The van der Waals surface area contributed by atoms with Crippen molar-refractivity contribution in [2.24, 2.45) is 7.05 Å². The van der Waals surface area contributed by atoms with Gasteiger partial charge in [0.2, 0.25) is 0 Å². The van der Waals surface area contributed by atoms with Crippen LogP contribution < -0.4 is 10.9 Å². The Balaban J connectivity index is 2.22. The number of hydrogen-bond donors (Lipinski definition) is 1. The van der Waals surface area contributed by atoms with Crippen molar-refractivity contribution >= 4 is 27.7 Å². The van der Waals surface area contributed by atoms with Crippen molar-refractivity contribution in [2.75, 3.05) is 5.32 Å². The van der Waals surface area contributed by atoms with E-state index in [0.29, 0.717) is 11.4 Å². The zero-order valence-electron chi connectivity index (χ0n) is 9.55. The molecule has 0 atom stereocenters. The third kappa shape index (κ3) is 2.84. The van der Waals surface area contributed by atoms with Crippen LogP contribution in [0.2, 0.25) is 0 Å². The van der Waals surface area contributed by atoms with Crippen LogP contribution in [0.4, 0.5) is 5.82 Å². The summed E-state index contributed by atoms with van der Waals surface area (Å²) < 4.78 is 2.21. The van der Waals surface area contributed by atoms with Crippen LogP contribution in [0.15, 0.2) is 45.9 Å². The van der Waals surface area contributed by atoms with E-state index in [2.05, 4.69) is 26.2 Å². The van der Waals surface area contributed by atoms with E-state index in [1.54, 1.807) is 37.6 Å². The summed E-state index contributed by atoms with van der Waals surface area (Å²) in [6, 6.07) is 6.30. The van der Waals surface area contributed by atoms with Gasteiger partial charge in [-0.3, -0.25) is 9.59 Å². The average molecular weight is 308 g/mol. The molecule has 2 heterocycles. The minimum Gasteiger partial charge on any atom is -0.319 e. The van der Waals surface area contributed by atoms with E-state index < -0.39 is 0 Å². The van der Waals surface area contributed by atoms with Crippen LogP contribution >= 0.6 is 15.9 Å². The maximum atomic E-state index is 11.9. The van der Waals surface area contributed by atoms with Gasteiger partial charge in [-0.25, -0.2) is 4.98 Å². The number of aromatic nitrogens is 2. The molecule has 18 heavy (non-hydrogen) atoms. The first kappa shape index (κ1) is 12.5. The molecule has 1 amide bonds. The average Bonchev–Trinajstić information content (AvgIpc) is 2.32. The predicted octanol–water partition coefficient (Wildman–Crippen LogP) is 1.80. The van der Waals surface area contributed by atoms with Gasteiger partial charge in [0.25, 0.3) is 11.5 Å². The van der Waals surface area contributed by atoms with Crippen LogP contribution in [0.25, 0.3) is 0 Å². The molecular weight excluding hydrogens is 298 g/mol. The van der Waals surface area contributed by atoms with E-state index in [0.717, 1.165) is 4.47 Å². The number of aryl methyl sites for hydroxylation is 1.